The molecule has 0 radical (unpaired) electrons. The highest BCUT2D eigenvalue weighted by molar-refractivity contribution is 6.28. The van der Waals surface area contributed by atoms with E-state index in [1.807, 2.05) is 27.7 Å². The van der Waals surface area contributed by atoms with Crippen molar-refractivity contribution in [3.8, 4) is 0 Å². The lowest BCUT2D eigenvalue weighted by Gasteiger charge is -2.38. The second-order valence-electron chi connectivity index (χ2n) is 6.08. The molecule has 1 aliphatic heterocycles. The summed E-state index contributed by atoms with van der Waals surface area (Å²) in [6.45, 7) is 8.55. The van der Waals surface area contributed by atoms with Crippen LogP contribution in [0.3, 0.4) is 0 Å². The summed E-state index contributed by atoms with van der Waals surface area (Å²) in [7, 11) is 0. The molecule has 0 spiro atoms. The van der Waals surface area contributed by atoms with Gasteiger partial charge in [0.15, 0.2) is 5.78 Å². The van der Waals surface area contributed by atoms with Gasteiger partial charge >= 0.3 is 6.09 Å². The summed E-state index contributed by atoms with van der Waals surface area (Å²) in [5, 5.41) is 0. The van der Waals surface area contributed by atoms with Crippen molar-refractivity contribution in [1.82, 2.24) is 4.90 Å². The van der Waals surface area contributed by atoms with Crippen molar-refractivity contribution in [3.63, 3.8) is 0 Å². The van der Waals surface area contributed by atoms with E-state index < -0.39 is 5.60 Å². The second-order valence-corrected chi connectivity index (χ2v) is 6.35. The zero-order valence-corrected chi connectivity index (χ0v) is 12.3. The number of hydrogen-bond donors (Lipinski definition) is 0. The first-order valence-electron chi connectivity index (χ1n) is 6.25. The highest BCUT2D eigenvalue weighted by Gasteiger charge is 2.38. The number of carbonyl (C=O) groups excluding carboxylic acids is 2. The number of piperidine rings is 1. The fraction of sp³-hybridized carbons (Fsp3) is 0.846. The van der Waals surface area contributed by atoms with E-state index in [4.69, 9.17) is 16.3 Å². The molecule has 1 saturated heterocycles. The lowest BCUT2D eigenvalue weighted by atomic mass is 9.77. The third kappa shape index (κ3) is 3.87. The summed E-state index contributed by atoms with van der Waals surface area (Å²) in [6, 6.07) is 0. The molecule has 0 N–H and O–H groups in total. The van der Waals surface area contributed by atoms with Crippen LogP contribution in [0.1, 0.15) is 40.5 Å². The Balaban J connectivity index is 2.54. The van der Waals surface area contributed by atoms with Crippen molar-refractivity contribution in [1.29, 1.82) is 0 Å². The van der Waals surface area contributed by atoms with Gasteiger partial charge in [-0.3, -0.25) is 4.79 Å². The van der Waals surface area contributed by atoms with Gasteiger partial charge in [0.05, 0.1) is 5.88 Å². The Hall–Kier alpha value is -0.770. The van der Waals surface area contributed by atoms with E-state index in [1.165, 1.54) is 0 Å². The Morgan fingerprint density at radius 2 is 1.78 bits per heavy atom. The zero-order valence-electron chi connectivity index (χ0n) is 11.6. The number of hydrogen-bond acceptors (Lipinski definition) is 3. The molecule has 0 unspecified atom stereocenters. The quantitative estimate of drug-likeness (QED) is 0.728. The van der Waals surface area contributed by atoms with Crippen LogP contribution in [0.5, 0.6) is 0 Å². The number of likely N-dealkylation sites (tertiary alicyclic amines) is 1. The lowest BCUT2D eigenvalue weighted by Crippen LogP contribution is -2.47. The molecule has 104 valence electrons. The maximum atomic E-state index is 11.9. The molecular formula is C13H22ClNO3. The Morgan fingerprint density at radius 3 is 2.17 bits per heavy atom. The predicted octanol–water partition coefficient (Wildman–Crippen LogP) is 2.83. The van der Waals surface area contributed by atoms with E-state index in [9.17, 15) is 9.59 Å². The van der Waals surface area contributed by atoms with Gasteiger partial charge in [-0.1, -0.05) is 6.92 Å². The number of carbonyl (C=O) groups is 2. The molecule has 1 fully saturated rings. The maximum Gasteiger partial charge on any atom is 0.410 e. The number of halogens is 1. The summed E-state index contributed by atoms with van der Waals surface area (Å²) in [5.74, 6) is 0.108. The Bertz CT molecular complexity index is 328. The minimum absolute atomic E-state index is 0.0446. The van der Waals surface area contributed by atoms with Crippen LogP contribution in [-0.4, -0.2) is 41.3 Å². The molecule has 1 heterocycles. The number of Topliss-reactive ketones (excluding diaryl/α,β-unsaturated/α-hetero) is 1. The van der Waals surface area contributed by atoms with Gasteiger partial charge in [-0.2, -0.15) is 0 Å². The normalized spacial score (nSPS) is 19.5. The van der Waals surface area contributed by atoms with Gasteiger partial charge in [0.1, 0.15) is 5.60 Å². The average Bonchev–Trinajstić information content (AvgIpc) is 2.26. The van der Waals surface area contributed by atoms with Gasteiger partial charge in [-0.15, -0.1) is 11.6 Å². The first kappa shape index (κ1) is 15.3. The summed E-state index contributed by atoms with van der Waals surface area (Å²) in [6.07, 6.45) is 0.998. The van der Waals surface area contributed by atoms with Crippen LogP contribution in [0.15, 0.2) is 0 Å². The van der Waals surface area contributed by atoms with E-state index in [1.54, 1.807) is 4.90 Å². The van der Waals surface area contributed by atoms with Gasteiger partial charge in [0.2, 0.25) is 0 Å². The number of amides is 1. The molecule has 0 aromatic heterocycles. The van der Waals surface area contributed by atoms with Gasteiger partial charge in [-0.25, -0.2) is 4.79 Å². The molecule has 0 saturated carbocycles. The number of alkyl halides is 1. The van der Waals surface area contributed by atoms with Crippen LogP contribution in [0, 0.1) is 5.41 Å². The Kier molecular flexibility index (Phi) is 4.65. The molecule has 0 bridgehead atoms. The third-order valence-corrected chi connectivity index (χ3v) is 3.56. The molecule has 1 rings (SSSR count). The van der Waals surface area contributed by atoms with Gasteiger partial charge in [0, 0.05) is 18.5 Å². The van der Waals surface area contributed by atoms with Crippen molar-refractivity contribution in [2.45, 2.75) is 46.1 Å². The standard InChI is InChI=1S/C13H22ClNO3/c1-12(2,3)18-11(17)15-7-5-13(4,6-8-15)10(16)9-14/h5-9H2,1-4H3. The molecule has 4 nitrogen and oxygen atoms in total. The SMILES string of the molecule is CC(C)(C)OC(=O)N1CCC(C)(C(=O)CCl)CC1. The van der Waals surface area contributed by atoms with E-state index >= 15 is 0 Å². The number of rotatable bonds is 2. The molecule has 18 heavy (non-hydrogen) atoms. The molecule has 0 aliphatic carbocycles. The smallest absolute Gasteiger partial charge is 0.410 e. The molecule has 0 aromatic rings. The van der Waals surface area contributed by atoms with Crippen LogP contribution in [0.2, 0.25) is 0 Å². The summed E-state index contributed by atoms with van der Waals surface area (Å²) >= 11 is 5.61. The highest BCUT2D eigenvalue weighted by atomic mass is 35.5. The predicted molar refractivity (Wildman–Crippen MR) is 70.9 cm³/mol. The lowest BCUT2D eigenvalue weighted by molar-refractivity contribution is -0.127. The Labute approximate surface area is 114 Å². The molecule has 1 amide bonds. The summed E-state index contributed by atoms with van der Waals surface area (Å²) < 4.78 is 5.31. The molecule has 0 atom stereocenters. The molecular weight excluding hydrogens is 254 g/mol. The van der Waals surface area contributed by atoms with Crippen LogP contribution in [0.25, 0.3) is 0 Å². The minimum atomic E-state index is -0.482. The number of nitrogens with zero attached hydrogens (tertiary/aromatic N) is 1. The maximum absolute atomic E-state index is 11.9. The van der Waals surface area contributed by atoms with E-state index in [0.29, 0.717) is 25.9 Å². The van der Waals surface area contributed by atoms with Crippen LogP contribution in [-0.2, 0) is 9.53 Å². The van der Waals surface area contributed by atoms with Crippen LogP contribution >= 0.6 is 11.6 Å². The van der Waals surface area contributed by atoms with Crippen molar-refractivity contribution in [2.24, 2.45) is 5.41 Å². The van der Waals surface area contributed by atoms with E-state index in [2.05, 4.69) is 0 Å². The van der Waals surface area contributed by atoms with Gasteiger partial charge < -0.3 is 9.64 Å². The monoisotopic (exact) mass is 275 g/mol. The molecule has 0 aromatic carbocycles. The first-order chi connectivity index (χ1) is 8.18. The fourth-order valence-corrected chi connectivity index (χ4v) is 2.27. The van der Waals surface area contributed by atoms with Crippen LogP contribution < -0.4 is 0 Å². The zero-order chi connectivity index (χ0) is 14.0. The highest BCUT2D eigenvalue weighted by Crippen LogP contribution is 2.32. The second kappa shape index (κ2) is 5.47. The fourth-order valence-electron chi connectivity index (χ4n) is 1.95. The molecule has 5 heteroatoms. The van der Waals surface area contributed by atoms with Crippen molar-refractivity contribution < 1.29 is 14.3 Å². The molecule has 1 aliphatic rings. The van der Waals surface area contributed by atoms with Crippen LogP contribution in [0.4, 0.5) is 4.79 Å². The minimum Gasteiger partial charge on any atom is -0.444 e. The summed E-state index contributed by atoms with van der Waals surface area (Å²) in [4.78, 5) is 25.2. The van der Waals surface area contributed by atoms with E-state index in [0.717, 1.165) is 0 Å². The van der Waals surface area contributed by atoms with Gasteiger partial charge in [0.25, 0.3) is 0 Å². The number of ketones is 1. The summed E-state index contributed by atoms with van der Waals surface area (Å²) in [5.41, 5.74) is -0.871. The van der Waals surface area contributed by atoms with Gasteiger partial charge in [-0.05, 0) is 33.6 Å². The average molecular weight is 276 g/mol. The van der Waals surface area contributed by atoms with Crippen molar-refractivity contribution in [3.05, 3.63) is 0 Å². The van der Waals surface area contributed by atoms with E-state index in [-0.39, 0.29) is 23.2 Å². The Morgan fingerprint density at radius 1 is 1.28 bits per heavy atom. The topological polar surface area (TPSA) is 46.6 Å². The van der Waals surface area contributed by atoms with Crippen molar-refractivity contribution >= 4 is 23.5 Å². The van der Waals surface area contributed by atoms with Crippen molar-refractivity contribution in [2.75, 3.05) is 19.0 Å². The third-order valence-electron chi connectivity index (χ3n) is 3.31. The first-order valence-corrected chi connectivity index (χ1v) is 6.79. The number of ether oxygens (including phenoxy) is 1. The largest absolute Gasteiger partial charge is 0.444 e.